The van der Waals surface area contributed by atoms with Gasteiger partial charge in [0, 0.05) is 26.4 Å². The summed E-state index contributed by atoms with van der Waals surface area (Å²) < 4.78 is 0. The first-order valence-electron chi connectivity index (χ1n) is 7.19. The van der Waals surface area contributed by atoms with Crippen molar-refractivity contribution in [3.63, 3.8) is 0 Å². The number of nitrogens with zero attached hydrogens (tertiary/aromatic N) is 3. The van der Waals surface area contributed by atoms with Gasteiger partial charge in [0.2, 0.25) is 5.91 Å². The summed E-state index contributed by atoms with van der Waals surface area (Å²) in [5.74, 6) is 1.64. The first kappa shape index (κ1) is 14.6. The van der Waals surface area contributed by atoms with E-state index in [0.717, 1.165) is 43.0 Å². The van der Waals surface area contributed by atoms with E-state index in [1.165, 1.54) is 0 Å². The quantitative estimate of drug-likeness (QED) is 0.622. The van der Waals surface area contributed by atoms with Crippen molar-refractivity contribution in [3.05, 3.63) is 17.2 Å². The van der Waals surface area contributed by atoms with Crippen molar-refractivity contribution in [1.29, 1.82) is 0 Å². The summed E-state index contributed by atoms with van der Waals surface area (Å²) in [5, 5.41) is 0. The van der Waals surface area contributed by atoms with Crippen molar-refractivity contribution in [2.75, 3.05) is 13.6 Å². The number of hydrogen-bond donors (Lipinski definition) is 2. The molecule has 1 aromatic rings. The molecule has 2 rings (SSSR count). The Morgan fingerprint density at radius 1 is 1.55 bits per heavy atom. The number of unbranched alkanes of at least 4 members (excludes halogenated alkanes) is 1. The first-order chi connectivity index (χ1) is 9.63. The average molecular weight is 277 g/mol. The number of aliphatic imine (C=N–C) groups is 1. The number of fused-ring (bicyclic) bond motifs is 1. The van der Waals surface area contributed by atoms with Gasteiger partial charge in [-0.25, -0.2) is 4.98 Å². The number of hydrogen-bond acceptors (Lipinski definition) is 3. The van der Waals surface area contributed by atoms with Gasteiger partial charge in [0.1, 0.15) is 11.7 Å². The molecule has 6 heteroatoms. The molecule has 0 bridgehead atoms. The Morgan fingerprint density at radius 2 is 2.35 bits per heavy atom. The van der Waals surface area contributed by atoms with Gasteiger partial charge in [0.05, 0.1) is 24.4 Å². The maximum Gasteiger partial charge on any atom is 0.222 e. The smallest absolute Gasteiger partial charge is 0.222 e. The van der Waals surface area contributed by atoms with Crippen molar-refractivity contribution >= 4 is 11.7 Å². The summed E-state index contributed by atoms with van der Waals surface area (Å²) in [7, 11) is 1.67. The van der Waals surface area contributed by atoms with E-state index in [9.17, 15) is 4.79 Å². The molecule has 110 valence electrons. The Hall–Kier alpha value is -1.85. The molecule has 0 saturated heterocycles. The number of amides is 1. The Kier molecular flexibility index (Phi) is 4.76. The predicted octanol–water partition coefficient (Wildman–Crippen LogP) is 1.01. The van der Waals surface area contributed by atoms with E-state index in [0.29, 0.717) is 25.2 Å². The van der Waals surface area contributed by atoms with Gasteiger partial charge < -0.3 is 15.6 Å². The van der Waals surface area contributed by atoms with Crippen LogP contribution >= 0.6 is 0 Å². The van der Waals surface area contributed by atoms with E-state index < -0.39 is 0 Å². The third kappa shape index (κ3) is 3.37. The minimum atomic E-state index is 0.239. The number of aromatic nitrogens is 2. The molecule has 1 amide bonds. The first-order valence-corrected chi connectivity index (χ1v) is 7.19. The second kappa shape index (κ2) is 6.54. The summed E-state index contributed by atoms with van der Waals surface area (Å²) in [6.07, 6.45) is 4.00. The second-order valence-corrected chi connectivity index (χ2v) is 5.17. The van der Waals surface area contributed by atoms with Gasteiger partial charge in [-0.2, -0.15) is 0 Å². The molecule has 0 unspecified atom stereocenters. The number of nitrogens with two attached hydrogens (primary N) is 1. The number of rotatable bonds is 5. The highest BCUT2D eigenvalue weighted by atomic mass is 16.2. The molecule has 2 heterocycles. The number of carbonyl (C=O) groups is 1. The highest BCUT2D eigenvalue weighted by Crippen LogP contribution is 2.18. The zero-order chi connectivity index (χ0) is 14.5. The molecular weight excluding hydrogens is 254 g/mol. The maximum atomic E-state index is 12.1. The average Bonchev–Trinajstić information content (AvgIpc) is 2.85. The molecule has 0 fully saturated rings. The Bertz CT molecular complexity index is 506. The third-order valence-corrected chi connectivity index (χ3v) is 3.61. The number of aromatic amines is 1. The summed E-state index contributed by atoms with van der Waals surface area (Å²) in [6.45, 7) is 3.49. The van der Waals surface area contributed by atoms with E-state index in [1.54, 1.807) is 7.05 Å². The van der Waals surface area contributed by atoms with Gasteiger partial charge in [0.15, 0.2) is 0 Å². The standard InChI is InChI=1S/C14H23N5O/c1-3-4-5-14(20)19-7-6-10-11(9-19)18-13(17-10)8-12(15)16-2/h3-9H2,1-2H3,(H2,15,16)(H,17,18). The summed E-state index contributed by atoms with van der Waals surface area (Å²) in [6, 6.07) is 0. The van der Waals surface area contributed by atoms with E-state index >= 15 is 0 Å². The molecule has 0 spiro atoms. The zero-order valence-electron chi connectivity index (χ0n) is 12.3. The van der Waals surface area contributed by atoms with Crippen molar-refractivity contribution in [2.45, 2.75) is 45.6 Å². The topological polar surface area (TPSA) is 87.4 Å². The van der Waals surface area contributed by atoms with Gasteiger partial charge in [-0.3, -0.25) is 9.79 Å². The molecule has 0 saturated carbocycles. The van der Waals surface area contributed by atoms with Crippen LogP contribution in [0.25, 0.3) is 0 Å². The highest BCUT2D eigenvalue weighted by molar-refractivity contribution is 5.81. The van der Waals surface area contributed by atoms with Gasteiger partial charge in [-0.05, 0) is 6.42 Å². The normalized spacial score (nSPS) is 15.3. The molecule has 0 atom stereocenters. The van der Waals surface area contributed by atoms with Crippen molar-refractivity contribution in [2.24, 2.45) is 10.7 Å². The van der Waals surface area contributed by atoms with Crippen LogP contribution in [0.2, 0.25) is 0 Å². The Morgan fingerprint density at radius 3 is 3.05 bits per heavy atom. The Balaban J connectivity index is 2.01. The lowest BCUT2D eigenvalue weighted by molar-refractivity contribution is -0.132. The lowest BCUT2D eigenvalue weighted by Crippen LogP contribution is -2.35. The minimum absolute atomic E-state index is 0.239. The van der Waals surface area contributed by atoms with E-state index in [4.69, 9.17) is 5.73 Å². The van der Waals surface area contributed by atoms with Gasteiger partial charge in [-0.15, -0.1) is 0 Å². The van der Waals surface area contributed by atoms with E-state index in [1.807, 2.05) is 4.90 Å². The fraction of sp³-hybridized carbons (Fsp3) is 0.643. The predicted molar refractivity (Wildman–Crippen MR) is 78.5 cm³/mol. The zero-order valence-corrected chi connectivity index (χ0v) is 12.3. The molecule has 6 nitrogen and oxygen atoms in total. The molecular formula is C14H23N5O. The van der Waals surface area contributed by atoms with Crippen LogP contribution < -0.4 is 5.73 Å². The lowest BCUT2D eigenvalue weighted by Gasteiger charge is -2.26. The van der Waals surface area contributed by atoms with Crippen LogP contribution in [0.4, 0.5) is 0 Å². The molecule has 1 aliphatic rings. The SMILES string of the molecule is CCCCC(=O)N1CCc2nc(CC(N)=NC)[nH]c2C1. The van der Waals surface area contributed by atoms with Crippen LogP contribution in [0.15, 0.2) is 4.99 Å². The summed E-state index contributed by atoms with van der Waals surface area (Å²) in [5.41, 5.74) is 7.82. The van der Waals surface area contributed by atoms with E-state index in [2.05, 4.69) is 21.9 Å². The fourth-order valence-electron chi connectivity index (χ4n) is 2.39. The molecule has 1 aliphatic heterocycles. The second-order valence-electron chi connectivity index (χ2n) is 5.17. The van der Waals surface area contributed by atoms with Gasteiger partial charge in [-0.1, -0.05) is 13.3 Å². The lowest BCUT2D eigenvalue weighted by atomic mass is 10.1. The minimum Gasteiger partial charge on any atom is -0.387 e. The van der Waals surface area contributed by atoms with Gasteiger partial charge in [0.25, 0.3) is 0 Å². The van der Waals surface area contributed by atoms with Crippen LogP contribution in [0.1, 0.15) is 43.4 Å². The number of imidazole rings is 1. The monoisotopic (exact) mass is 277 g/mol. The molecule has 0 aromatic carbocycles. The molecule has 0 radical (unpaired) electrons. The largest absolute Gasteiger partial charge is 0.387 e. The van der Waals surface area contributed by atoms with Gasteiger partial charge >= 0.3 is 0 Å². The van der Waals surface area contributed by atoms with Crippen LogP contribution in [-0.2, 0) is 24.2 Å². The number of amidine groups is 1. The molecule has 3 N–H and O–H groups in total. The van der Waals surface area contributed by atoms with Crippen molar-refractivity contribution in [3.8, 4) is 0 Å². The highest BCUT2D eigenvalue weighted by Gasteiger charge is 2.23. The van der Waals surface area contributed by atoms with Crippen LogP contribution in [-0.4, -0.2) is 40.2 Å². The number of nitrogens with one attached hydrogen (secondary N) is 1. The van der Waals surface area contributed by atoms with Crippen LogP contribution in [0.5, 0.6) is 0 Å². The molecule has 1 aromatic heterocycles. The fourth-order valence-corrected chi connectivity index (χ4v) is 2.39. The molecule has 0 aliphatic carbocycles. The number of carbonyl (C=O) groups excluding carboxylic acids is 1. The van der Waals surface area contributed by atoms with Crippen molar-refractivity contribution < 1.29 is 4.79 Å². The summed E-state index contributed by atoms with van der Waals surface area (Å²) in [4.78, 5) is 25.7. The molecule has 20 heavy (non-hydrogen) atoms. The van der Waals surface area contributed by atoms with Crippen LogP contribution in [0.3, 0.4) is 0 Å². The van der Waals surface area contributed by atoms with E-state index in [-0.39, 0.29) is 5.91 Å². The summed E-state index contributed by atoms with van der Waals surface area (Å²) >= 11 is 0. The Labute approximate surface area is 119 Å². The maximum absolute atomic E-state index is 12.1. The number of H-pyrrole nitrogens is 1. The van der Waals surface area contributed by atoms with Crippen molar-refractivity contribution in [1.82, 2.24) is 14.9 Å². The van der Waals surface area contributed by atoms with Crippen LogP contribution in [0, 0.1) is 0 Å². The third-order valence-electron chi connectivity index (χ3n) is 3.61.